The molecule has 1 aromatic rings. The van der Waals surface area contributed by atoms with Crippen LogP contribution in [0.5, 0.6) is 0 Å². The minimum absolute atomic E-state index is 0.0860. The summed E-state index contributed by atoms with van der Waals surface area (Å²) in [7, 11) is 0. The Labute approximate surface area is 99.5 Å². The number of hydrogen-bond acceptors (Lipinski definition) is 4. The molecule has 2 rings (SSSR count). The van der Waals surface area contributed by atoms with Crippen LogP contribution in [0.1, 0.15) is 27.3 Å². The van der Waals surface area contributed by atoms with Crippen LogP contribution in [0, 0.1) is 19.8 Å². The van der Waals surface area contributed by atoms with Crippen molar-refractivity contribution < 1.29 is 4.79 Å². The maximum atomic E-state index is 12.2. The molecule has 88 valence electrons. The van der Waals surface area contributed by atoms with Gasteiger partial charge in [-0.1, -0.05) is 6.92 Å². The van der Waals surface area contributed by atoms with Gasteiger partial charge in [-0.2, -0.15) is 0 Å². The van der Waals surface area contributed by atoms with Gasteiger partial charge in [0, 0.05) is 19.1 Å². The van der Waals surface area contributed by atoms with Crippen molar-refractivity contribution in [3.8, 4) is 0 Å². The van der Waals surface area contributed by atoms with E-state index in [1.807, 2.05) is 18.7 Å². The van der Waals surface area contributed by atoms with Gasteiger partial charge < -0.3 is 10.6 Å². The van der Waals surface area contributed by atoms with Gasteiger partial charge in [-0.3, -0.25) is 4.79 Å². The van der Waals surface area contributed by atoms with E-state index in [4.69, 9.17) is 5.73 Å². The van der Waals surface area contributed by atoms with Crippen LogP contribution in [-0.4, -0.2) is 34.9 Å². The largest absolute Gasteiger partial charge is 0.336 e. The molecule has 1 amide bonds. The fourth-order valence-electron chi connectivity index (χ4n) is 2.03. The molecule has 1 fully saturated rings. The fraction of sp³-hybridized carbons (Fsp3) is 0.636. The van der Waals surface area contributed by atoms with E-state index in [0.29, 0.717) is 12.5 Å². The van der Waals surface area contributed by atoms with Crippen LogP contribution in [0.4, 0.5) is 0 Å². The number of aromatic nitrogens is 1. The molecular formula is C11H17N3OS. The third kappa shape index (κ3) is 1.97. The minimum atomic E-state index is 0.0860. The molecule has 1 aromatic heterocycles. The molecule has 0 spiro atoms. The van der Waals surface area contributed by atoms with E-state index in [1.165, 1.54) is 11.3 Å². The average Bonchev–Trinajstić information content (AvgIpc) is 2.70. The van der Waals surface area contributed by atoms with Crippen LogP contribution in [0.25, 0.3) is 0 Å². The van der Waals surface area contributed by atoms with Crippen LogP contribution in [-0.2, 0) is 0 Å². The molecule has 1 saturated heterocycles. The molecule has 2 unspecified atom stereocenters. The Morgan fingerprint density at radius 2 is 2.19 bits per heavy atom. The average molecular weight is 239 g/mol. The Balaban J connectivity index is 2.17. The van der Waals surface area contributed by atoms with E-state index in [2.05, 4.69) is 11.9 Å². The number of thiazole rings is 1. The maximum Gasteiger partial charge on any atom is 0.265 e. The molecule has 2 atom stereocenters. The van der Waals surface area contributed by atoms with Crippen LogP contribution in [0.3, 0.4) is 0 Å². The van der Waals surface area contributed by atoms with Crippen molar-refractivity contribution in [1.29, 1.82) is 0 Å². The number of carbonyl (C=O) groups is 1. The SMILES string of the molecule is Cc1nc(C)c(C(=O)N2CC(C)C(N)C2)s1. The van der Waals surface area contributed by atoms with Gasteiger partial charge in [0.1, 0.15) is 4.88 Å². The number of hydrogen-bond donors (Lipinski definition) is 1. The summed E-state index contributed by atoms with van der Waals surface area (Å²) in [6.45, 7) is 7.32. The molecule has 1 aliphatic rings. The van der Waals surface area contributed by atoms with Gasteiger partial charge >= 0.3 is 0 Å². The molecule has 0 aliphatic carbocycles. The lowest BCUT2D eigenvalue weighted by Crippen LogP contribution is -2.32. The molecule has 0 radical (unpaired) electrons. The topological polar surface area (TPSA) is 59.2 Å². The lowest BCUT2D eigenvalue weighted by molar-refractivity contribution is 0.0790. The number of nitrogens with zero attached hydrogens (tertiary/aromatic N) is 2. The zero-order chi connectivity index (χ0) is 11.9. The molecule has 2 N–H and O–H groups in total. The maximum absolute atomic E-state index is 12.2. The monoisotopic (exact) mass is 239 g/mol. The molecular weight excluding hydrogens is 222 g/mol. The highest BCUT2D eigenvalue weighted by Crippen LogP contribution is 2.23. The van der Waals surface area contributed by atoms with Crippen molar-refractivity contribution in [1.82, 2.24) is 9.88 Å². The smallest absolute Gasteiger partial charge is 0.265 e. The Morgan fingerprint density at radius 3 is 2.62 bits per heavy atom. The normalized spacial score (nSPS) is 25.1. The highest BCUT2D eigenvalue weighted by Gasteiger charge is 2.31. The summed E-state index contributed by atoms with van der Waals surface area (Å²) >= 11 is 1.47. The molecule has 5 heteroatoms. The molecule has 4 nitrogen and oxygen atoms in total. The van der Waals surface area contributed by atoms with Gasteiger partial charge in [-0.25, -0.2) is 4.98 Å². The number of carbonyl (C=O) groups excluding carboxylic acids is 1. The summed E-state index contributed by atoms with van der Waals surface area (Å²) in [5.41, 5.74) is 6.76. The summed E-state index contributed by atoms with van der Waals surface area (Å²) in [4.78, 5) is 19.1. The predicted octanol–water partition coefficient (Wildman–Crippen LogP) is 1.18. The highest BCUT2D eigenvalue weighted by molar-refractivity contribution is 7.13. The summed E-state index contributed by atoms with van der Waals surface area (Å²) in [5, 5.41) is 0.942. The van der Waals surface area contributed by atoms with E-state index in [0.717, 1.165) is 22.1 Å². The quantitative estimate of drug-likeness (QED) is 0.800. The minimum Gasteiger partial charge on any atom is -0.336 e. The van der Waals surface area contributed by atoms with Crippen molar-refractivity contribution >= 4 is 17.2 Å². The zero-order valence-corrected chi connectivity index (χ0v) is 10.7. The first-order chi connectivity index (χ1) is 7.49. The van der Waals surface area contributed by atoms with E-state index >= 15 is 0 Å². The predicted molar refractivity (Wildman–Crippen MR) is 64.6 cm³/mol. The van der Waals surface area contributed by atoms with Gasteiger partial charge in [0.2, 0.25) is 0 Å². The second kappa shape index (κ2) is 4.14. The highest BCUT2D eigenvalue weighted by atomic mass is 32.1. The van der Waals surface area contributed by atoms with E-state index < -0.39 is 0 Å². The van der Waals surface area contributed by atoms with Crippen molar-refractivity contribution in [3.05, 3.63) is 15.6 Å². The lowest BCUT2D eigenvalue weighted by Gasteiger charge is -2.14. The first-order valence-corrected chi connectivity index (χ1v) is 6.29. The number of rotatable bonds is 1. The van der Waals surface area contributed by atoms with Crippen LogP contribution >= 0.6 is 11.3 Å². The van der Waals surface area contributed by atoms with E-state index in [-0.39, 0.29) is 11.9 Å². The van der Waals surface area contributed by atoms with Crippen molar-refractivity contribution in [3.63, 3.8) is 0 Å². The Hall–Kier alpha value is -0.940. The third-order valence-corrected chi connectivity index (χ3v) is 4.12. The molecule has 16 heavy (non-hydrogen) atoms. The Kier molecular flexibility index (Phi) is 2.99. The summed E-state index contributed by atoms with van der Waals surface area (Å²) in [6.07, 6.45) is 0. The van der Waals surface area contributed by atoms with E-state index in [9.17, 15) is 4.79 Å². The molecule has 0 bridgehead atoms. The van der Waals surface area contributed by atoms with E-state index in [1.54, 1.807) is 0 Å². The van der Waals surface area contributed by atoms with Gasteiger partial charge in [0.15, 0.2) is 0 Å². The third-order valence-electron chi connectivity index (χ3n) is 3.06. The Morgan fingerprint density at radius 1 is 1.50 bits per heavy atom. The summed E-state index contributed by atoms with van der Waals surface area (Å²) in [6, 6.07) is 0.110. The second-order valence-corrected chi connectivity index (χ2v) is 5.70. The zero-order valence-electron chi connectivity index (χ0n) is 9.86. The second-order valence-electron chi connectivity index (χ2n) is 4.50. The van der Waals surface area contributed by atoms with Crippen LogP contribution < -0.4 is 5.73 Å². The van der Waals surface area contributed by atoms with Gasteiger partial charge in [0.05, 0.1) is 10.7 Å². The number of aryl methyl sites for hydroxylation is 2. The van der Waals surface area contributed by atoms with Gasteiger partial charge in [-0.15, -0.1) is 11.3 Å². The standard InChI is InChI=1S/C11H17N3OS/c1-6-4-14(5-9(6)12)11(15)10-7(2)13-8(3)16-10/h6,9H,4-5,12H2,1-3H3. The van der Waals surface area contributed by atoms with Crippen molar-refractivity contribution in [2.24, 2.45) is 11.7 Å². The van der Waals surface area contributed by atoms with Crippen molar-refractivity contribution in [2.45, 2.75) is 26.8 Å². The first-order valence-electron chi connectivity index (χ1n) is 5.48. The lowest BCUT2D eigenvalue weighted by atomic mass is 10.1. The number of nitrogens with two attached hydrogens (primary N) is 1. The molecule has 0 aromatic carbocycles. The number of likely N-dealkylation sites (tertiary alicyclic amines) is 1. The Bertz CT molecular complexity index is 405. The first kappa shape index (κ1) is 11.5. The van der Waals surface area contributed by atoms with Crippen LogP contribution in [0.2, 0.25) is 0 Å². The molecule has 2 heterocycles. The van der Waals surface area contributed by atoms with Crippen molar-refractivity contribution in [2.75, 3.05) is 13.1 Å². The van der Waals surface area contributed by atoms with Crippen LogP contribution in [0.15, 0.2) is 0 Å². The van der Waals surface area contributed by atoms with Gasteiger partial charge in [0.25, 0.3) is 5.91 Å². The van der Waals surface area contributed by atoms with Gasteiger partial charge in [-0.05, 0) is 19.8 Å². The molecule has 0 saturated carbocycles. The molecule has 1 aliphatic heterocycles. The number of amides is 1. The summed E-state index contributed by atoms with van der Waals surface area (Å²) in [5.74, 6) is 0.473. The fourth-order valence-corrected chi connectivity index (χ4v) is 2.92. The summed E-state index contributed by atoms with van der Waals surface area (Å²) < 4.78 is 0.